The molecule has 3 aromatic carbocycles. The van der Waals surface area contributed by atoms with E-state index in [9.17, 15) is 14.9 Å². The maximum atomic E-state index is 13.4. The number of non-ortho nitro benzene ring substituents is 1. The third kappa shape index (κ3) is 4.47. The Hall–Kier alpha value is -4.11. The summed E-state index contributed by atoms with van der Waals surface area (Å²) in [5.41, 5.74) is 2.84. The number of methoxy groups -OCH3 is 1. The summed E-state index contributed by atoms with van der Waals surface area (Å²) in [4.78, 5) is 28.3. The molecule has 0 saturated heterocycles. The van der Waals surface area contributed by atoms with Crippen LogP contribution in [0.5, 0.6) is 5.75 Å². The van der Waals surface area contributed by atoms with Crippen molar-refractivity contribution in [1.29, 1.82) is 0 Å². The summed E-state index contributed by atoms with van der Waals surface area (Å²) in [7, 11) is 1.53. The predicted molar refractivity (Wildman–Crippen MR) is 125 cm³/mol. The number of ether oxygens (including phenoxy) is 1. The van der Waals surface area contributed by atoms with Crippen molar-refractivity contribution in [2.24, 2.45) is 5.10 Å². The normalized spacial score (nSPS) is 11.1. The number of amides is 1. The first kappa shape index (κ1) is 21.1. The van der Waals surface area contributed by atoms with Crippen LogP contribution in [0.15, 0.2) is 71.8 Å². The second-order valence-electron chi connectivity index (χ2n) is 6.91. The van der Waals surface area contributed by atoms with Gasteiger partial charge in [-0.2, -0.15) is 10.1 Å². The van der Waals surface area contributed by atoms with E-state index < -0.39 is 4.92 Å². The van der Waals surface area contributed by atoms with E-state index in [2.05, 4.69) is 10.1 Å². The summed E-state index contributed by atoms with van der Waals surface area (Å²) in [5, 5.41) is 16.9. The van der Waals surface area contributed by atoms with Crippen molar-refractivity contribution in [2.45, 2.75) is 6.92 Å². The lowest BCUT2D eigenvalue weighted by atomic mass is 10.2. The Labute approximate surface area is 187 Å². The smallest absolute Gasteiger partial charge is 0.280 e. The van der Waals surface area contributed by atoms with Crippen LogP contribution in [0.2, 0.25) is 0 Å². The Bertz CT molecular complexity index is 1330. The minimum atomic E-state index is -0.470. The lowest BCUT2D eigenvalue weighted by molar-refractivity contribution is -0.384. The molecule has 4 aromatic rings. The summed E-state index contributed by atoms with van der Waals surface area (Å²) >= 11 is 1.35. The fraction of sp³-hybridized carbons (Fsp3) is 0.0870. The number of benzene rings is 3. The van der Waals surface area contributed by atoms with Gasteiger partial charge in [-0.05, 0) is 60.5 Å². The number of hydrogen-bond donors (Lipinski definition) is 0. The minimum absolute atomic E-state index is 0.0204. The van der Waals surface area contributed by atoms with Gasteiger partial charge in [0.15, 0.2) is 0 Å². The Morgan fingerprint density at radius 1 is 1.16 bits per heavy atom. The standard InChI is InChI=1S/C23H18N4O4S/c1-15-6-11-20-21(12-15)32-23(25-20)26(22(28)17-4-3-5-19(13-17)31-2)24-14-16-7-9-18(10-8-16)27(29)30/h3-14H,1-2H3/b24-14+. The van der Waals surface area contributed by atoms with Crippen molar-refractivity contribution in [2.75, 3.05) is 12.1 Å². The third-order valence-electron chi connectivity index (χ3n) is 4.65. The molecule has 0 atom stereocenters. The van der Waals surface area contributed by atoms with Gasteiger partial charge in [-0.3, -0.25) is 14.9 Å². The molecule has 1 amide bonds. The summed E-state index contributed by atoms with van der Waals surface area (Å²) < 4.78 is 6.17. The summed E-state index contributed by atoms with van der Waals surface area (Å²) in [6, 6.07) is 18.6. The SMILES string of the molecule is COc1cccc(C(=O)N(/N=C/c2ccc([N+](=O)[O-])cc2)c2nc3ccc(C)cc3s2)c1. The number of carbonyl (C=O) groups is 1. The number of anilines is 1. The average molecular weight is 446 g/mol. The quantitative estimate of drug-likeness (QED) is 0.230. The molecule has 0 fully saturated rings. The van der Waals surface area contributed by atoms with Crippen LogP contribution in [0.1, 0.15) is 21.5 Å². The van der Waals surface area contributed by atoms with Crippen LogP contribution in [0.3, 0.4) is 0 Å². The largest absolute Gasteiger partial charge is 0.497 e. The van der Waals surface area contributed by atoms with Gasteiger partial charge >= 0.3 is 0 Å². The zero-order valence-electron chi connectivity index (χ0n) is 17.3. The number of rotatable bonds is 6. The number of fused-ring (bicyclic) bond motifs is 1. The Kier molecular flexibility index (Phi) is 5.91. The molecule has 0 unspecified atom stereocenters. The van der Waals surface area contributed by atoms with Crippen LogP contribution in [0, 0.1) is 17.0 Å². The molecule has 32 heavy (non-hydrogen) atoms. The highest BCUT2D eigenvalue weighted by Crippen LogP contribution is 2.31. The number of nitrogens with zero attached hydrogens (tertiary/aromatic N) is 4. The highest BCUT2D eigenvalue weighted by atomic mass is 32.1. The highest BCUT2D eigenvalue weighted by molar-refractivity contribution is 7.22. The van der Waals surface area contributed by atoms with Gasteiger partial charge in [0, 0.05) is 17.7 Å². The molecule has 1 aromatic heterocycles. The van der Waals surface area contributed by atoms with Crippen molar-refractivity contribution < 1.29 is 14.5 Å². The van der Waals surface area contributed by atoms with Gasteiger partial charge in [0.1, 0.15) is 5.75 Å². The summed E-state index contributed by atoms with van der Waals surface area (Å²) in [5.74, 6) is 0.174. The summed E-state index contributed by atoms with van der Waals surface area (Å²) in [6.45, 7) is 1.99. The number of nitro groups is 1. The van der Waals surface area contributed by atoms with Gasteiger partial charge in [0.05, 0.1) is 28.5 Å². The molecular weight excluding hydrogens is 428 g/mol. The Balaban J connectivity index is 1.74. The Morgan fingerprint density at radius 3 is 2.66 bits per heavy atom. The zero-order chi connectivity index (χ0) is 22.7. The molecule has 0 saturated carbocycles. The highest BCUT2D eigenvalue weighted by Gasteiger charge is 2.21. The van der Waals surface area contributed by atoms with E-state index in [1.165, 1.54) is 41.8 Å². The lowest BCUT2D eigenvalue weighted by Crippen LogP contribution is -2.25. The number of hydrogen-bond acceptors (Lipinski definition) is 7. The van der Waals surface area contributed by atoms with Crippen LogP contribution in [-0.2, 0) is 0 Å². The predicted octanol–water partition coefficient (Wildman–Crippen LogP) is 5.20. The van der Waals surface area contributed by atoms with E-state index >= 15 is 0 Å². The topological polar surface area (TPSA) is 97.9 Å². The van der Waals surface area contributed by atoms with Crippen molar-refractivity contribution in [1.82, 2.24) is 4.98 Å². The van der Waals surface area contributed by atoms with E-state index in [1.54, 1.807) is 36.4 Å². The van der Waals surface area contributed by atoms with Gasteiger partial charge in [-0.15, -0.1) is 0 Å². The maximum absolute atomic E-state index is 13.4. The van der Waals surface area contributed by atoms with E-state index in [-0.39, 0.29) is 11.6 Å². The second-order valence-corrected chi connectivity index (χ2v) is 7.92. The van der Waals surface area contributed by atoms with Gasteiger partial charge in [-0.1, -0.05) is 23.5 Å². The maximum Gasteiger partial charge on any atom is 0.280 e. The first-order valence-corrected chi connectivity index (χ1v) is 10.4. The molecule has 0 N–H and O–H groups in total. The fourth-order valence-electron chi connectivity index (χ4n) is 2.98. The van der Waals surface area contributed by atoms with Crippen molar-refractivity contribution in [3.05, 3.63) is 93.5 Å². The van der Waals surface area contributed by atoms with Crippen LogP contribution in [0.25, 0.3) is 10.2 Å². The molecule has 0 spiro atoms. The minimum Gasteiger partial charge on any atom is -0.497 e. The van der Waals surface area contributed by atoms with Gasteiger partial charge in [0.2, 0.25) is 5.13 Å². The molecule has 0 aliphatic rings. The molecule has 160 valence electrons. The van der Waals surface area contributed by atoms with E-state index in [4.69, 9.17) is 4.74 Å². The van der Waals surface area contributed by atoms with Crippen LogP contribution >= 0.6 is 11.3 Å². The van der Waals surface area contributed by atoms with Crippen LogP contribution < -0.4 is 9.75 Å². The molecule has 0 bridgehead atoms. The number of hydrazone groups is 1. The lowest BCUT2D eigenvalue weighted by Gasteiger charge is -2.14. The Morgan fingerprint density at radius 2 is 1.94 bits per heavy atom. The number of aryl methyl sites for hydroxylation is 1. The molecule has 9 heteroatoms. The van der Waals surface area contributed by atoms with Gasteiger partial charge in [0.25, 0.3) is 11.6 Å². The molecule has 1 heterocycles. The molecule has 8 nitrogen and oxygen atoms in total. The van der Waals surface area contributed by atoms with Crippen molar-refractivity contribution >= 4 is 44.5 Å². The molecule has 0 aliphatic heterocycles. The molecule has 0 radical (unpaired) electrons. The number of carbonyl (C=O) groups excluding carboxylic acids is 1. The average Bonchev–Trinajstić information content (AvgIpc) is 3.22. The number of nitro benzene ring substituents is 1. The monoisotopic (exact) mass is 446 g/mol. The number of thiazole rings is 1. The number of aromatic nitrogens is 1. The van der Waals surface area contributed by atoms with Crippen LogP contribution in [-0.4, -0.2) is 29.1 Å². The third-order valence-corrected chi connectivity index (χ3v) is 5.64. The van der Waals surface area contributed by atoms with Crippen LogP contribution in [0.4, 0.5) is 10.8 Å². The van der Waals surface area contributed by atoms with E-state index in [0.29, 0.717) is 22.0 Å². The van der Waals surface area contributed by atoms with Gasteiger partial charge < -0.3 is 4.74 Å². The van der Waals surface area contributed by atoms with Gasteiger partial charge in [-0.25, -0.2) is 4.98 Å². The molecular formula is C23H18N4O4S. The zero-order valence-corrected chi connectivity index (χ0v) is 18.1. The molecule has 0 aliphatic carbocycles. The van der Waals surface area contributed by atoms with Crippen molar-refractivity contribution in [3.63, 3.8) is 0 Å². The second kappa shape index (κ2) is 8.94. The summed E-state index contributed by atoms with van der Waals surface area (Å²) in [6.07, 6.45) is 1.47. The first-order chi connectivity index (χ1) is 15.4. The van der Waals surface area contributed by atoms with E-state index in [0.717, 1.165) is 15.8 Å². The van der Waals surface area contributed by atoms with Crippen molar-refractivity contribution in [3.8, 4) is 5.75 Å². The fourth-order valence-corrected chi connectivity index (χ4v) is 4.00. The first-order valence-electron chi connectivity index (χ1n) is 9.59. The van der Waals surface area contributed by atoms with E-state index in [1.807, 2.05) is 25.1 Å². The molecule has 4 rings (SSSR count).